The first-order chi connectivity index (χ1) is 18.9. The third-order valence-electron chi connectivity index (χ3n) is 10.3. The van der Waals surface area contributed by atoms with Gasteiger partial charge in [-0.05, 0) is 87.8 Å². The summed E-state index contributed by atoms with van der Waals surface area (Å²) in [5.74, 6) is 4.18. The van der Waals surface area contributed by atoms with Gasteiger partial charge in [0.05, 0.1) is 13.2 Å². The molecule has 1 N–H and O–H groups in total. The summed E-state index contributed by atoms with van der Waals surface area (Å²) >= 11 is 0. The normalized spacial score (nSPS) is 29.2. The van der Waals surface area contributed by atoms with Gasteiger partial charge in [-0.1, -0.05) is 26.8 Å². The number of amides is 2. The van der Waals surface area contributed by atoms with Crippen LogP contribution < -0.4 is 10.1 Å². The maximum Gasteiger partial charge on any atom is 0.255 e. The van der Waals surface area contributed by atoms with Crippen molar-refractivity contribution in [3.05, 3.63) is 28.8 Å². The molecule has 5 atom stereocenters. The second-order valence-electron chi connectivity index (χ2n) is 12.6. The van der Waals surface area contributed by atoms with Crippen LogP contribution in [-0.4, -0.2) is 67.2 Å². The van der Waals surface area contributed by atoms with Gasteiger partial charge in [-0.3, -0.25) is 9.59 Å². The fourth-order valence-corrected chi connectivity index (χ4v) is 8.46. The Morgan fingerprint density at radius 3 is 2.67 bits per heavy atom. The first-order valence-corrected chi connectivity index (χ1v) is 15.4. The third kappa shape index (κ3) is 5.12. The number of hydrogen-bond acceptors (Lipinski definition) is 5. The fourth-order valence-electron chi connectivity index (χ4n) is 8.46. The topological polar surface area (TPSA) is 79.0 Å². The number of nitrogens with one attached hydrogen (secondary N) is 1. The van der Waals surface area contributed by atoms with Gasteiger partial charge >= 0.3 is 0 Å². The number of aldehydes is 1. The summed E-state index contributed by atoms with van der Waals surface area (Å²) in [7, 11) is 1.57. The molecule has 6 rings (SSSR count). The molecule has 7 heteroatoms. The number of hydrogen-bond donors (Lipinski definition) is 1. The molecule has 2 bridgehead atoms. The van der Waals surface area contributed by atoms with Gasteiger partial charge in [-0.25, -0.2) is 0 Å². The monoisotopic (exact) mass is 537 g/mol. The molecule has 2 aliphatic carbocycles. The Kier molecular flexibility index (Phi) is 8.37. The molecule has 3 aliphatic heterocycles. The van der Waals surface area contributed by atoms with Crippen molar-refractivity contribution >= 4 is 18.1 Å². The highest BCUT2D eigenvalue weighted by molar-refractivity contribution is 6.02. The van der Waals surface area contributed by atoms with Crippen LogP contribution in [-0.2, 0) is 21.5 Å². The van der Waals surface area contributed by atoms with Crippen LogP contribution in [0.2, 0.25) is 0 Å². The van der Waals surface area contributed by atoms with Gasteiger partial charge in [0.2, 0.25) is 5.91 Å². The molecule has 39 heavy (non-hydrogen) atoms. The van der Waals surface area contributed by atoms with Crippen molar-refractivity contribution in [1.29, 1.82) is 0 Å². The van der Waals surface area contributed by atoms with Crippen LogP contribution in [0.15, 0.2) is 12.1 Å². The quantitative estimate of drug-likeness (QED) is 0.516. The number of ether oxygens (including phenoxy) is 1. The minimum atomic E-state index is -0.651. The summed E-state index contributed by atoms with van der Waals surface area (Å²) in [5.41, 5.74) is 2.81. The van der Waals surface area contributed by atoms with E-state index in [2.05, 4.69) is 23.2 Å². The molecule has 1 spiro atoms. The summed E-state index contributed by atoms with van der Waals surface area (Å²) in [6, 6.07) is 3.40. The Balaban J connectivity index is 0.00000151. The lowest BCUT2D eigenvalue weighted by Gasteiger charge is -2.40. The molecule has 0 radical (unpaired) electrons. The van der Waals surface area contributed by atoms with Crippen molar-refractivity contribution in [1.82, 2.24) is 15.1 Å². The molecule has 3 fully saturated rings. The number of likely N-dealkylation sites (tertiary alicyclic amines) is 1. The molecule has 1 aromatic rings. The Labute approximate surface area is 234 Å². The van der Waals surface area contributed by atoms with Gasteiger partial charge in [-0.15, -0.1) is 0 Å². The van der Waals surface area contributed by atoms with Crippen LogP contribution in [0.25, 0.3) is 0 Å². The van der Waals surface area contributed by atoms with Crippen molar-refractivity contribution in [3.63, 3.8) is 0 Å². The molecular formula is C32H47N3O4. The van der Waals surface area contributed by atoms with Gasteiger partial charge in [0, 0.05) is 42.1 Å². The van der Waals surface area contributed by atoms with E-state index in [4.69, 9.17) is 4.74 Å². The van der Waals surface area contributed by atoms with Crippen molar-refractivity contribution in [2.24, 2.45) is 23.7 Å². The zero-order valence-corrected chi connectivity index (χ0v) is 24.3. The highest BCUT2D eigenvalue weighted by Gasteiger charge is 2.48. The first kappa shape index (κ1) is 28.1. The lowest BCUT2D eigenvalue weighted by molar-refractivity contribution is -0.125. The van der Waals surface area contributed by atoms with E-state index >= 15 is 0 Å². The summed E-state index contributed by atoms with van der Waals surface area (Å²) in [6.07, 6.45) is 9.32. The van der Waals surface area contributed by atoms with E-state index in [1.807, 2.05) is 19.9 Å². The van der Waals surface area contributed by atoms with E-state index < -0.39 is 6.04 Å². The van der Waals surface area contributed by atoms with Gasteiger partial charge in [0.25, 0.3) is 5.91 Å². The van der Waals surface area contributed by atoms with Crippen molar-refractivity contribution in [2.45, 2.75) is 90.1 Å². The SMILES string of the molecule is CC.CNC(=O)C(CCC=O)N1Cc2c(ccc3c2OCC32CCN(CC3CC4CC(C)CC3C4)CC2)C1=O. The molecule has 5 aliphatic rings. The summed E-state index contributed by atoms with van der Waals surface area (Å²) in [5, 5.41) is 2.66. The maximum atomic E-state index is 13.3. The van der Waals surface area contributed by atoms with Gasteiger partial charge < -0.3 is 24.6 Å². The molecule has 7 nitrogen and oxygen atoms in total. The third-order valence-corrected chi connectivity index (χ3v) is 10.3. The molecule has 2 saturated carbocycles. The number of piperidine rings is 1. The van der Waals surface area contributed by atoms with E-state index in [1.165, 1.54) is 37.8 Å². The maximum absolute atomic E-state index is 13.3. The zero-order chi connectivity index (χ0) is 27.7. The van der Waals surface area contributed by atoms with Gasteiger partial charge in [-0.2, -0.15) is 0 Å². The second kappa shape index (κ2) is 11.6. The second-order valence-corrected chi connectivity index (χ2v) is 12.6. The zero-order valence-electron chi connectivity index (χ0n) is 24.3. The van der Waals surface area contributed by atoms with E-state index in [1.54, 1.807) is 11.9 Å². The first-order valence-electron chi connectivity index (χ1n) is 15.4. The van der Waals surface area contributed by atoms with Crippen LogP contribution in [0.5, 0.6) is 5.75 Å². The van der Waals surface area contributed by atoms with Crippen LogP contribution in [0.1, 0.15) is 93.6 Å². The number of fused-ring (bicyclic) bond motifs is 6. The number of rotatable bonds is 7. The molecular weight excluding hydrogens is 490 g/mol. The van der Waals surface area contributed by atoms with Crippen molar-refractivity contribution in [2.75, 3.05) is 33.3 Å². The number of carbonyl (C=O) groups is 3. The number of likely N-dealkylation sites (N-methyl/N-ethyl adjacent to an activating group) is 1. The van der Waals surface area contributed by atoms with E-state index in [9.17, 15) is 14.4 Å². The summed E-state index contributed by atoms with van der Waals surface area (Å²) in [4.78, 5) is 41.1. The molecule has 0 aromatic heterocycles. The van der Waals surface area contributed by atoms with Crippen LogP contribution in [0.4, 0.5) is 0 Å². The Morgan fingerprint density at radius 1 is 1.18 bits per heavy atom. The molecule has 214 valence electrons. The van der Waals surface area contributed by atoms with Crippen LogP contribution in [0.3, 0.4) is 0 Å². The largest absolute Gasteiger partial charge is 0.492 e. The average molecular weight is 538 g/mol. The predicted octanol–water partition coefficient (Wildman–Crippen LogP) is 4.56. The van der Waals surface area contributed by atoms with Crippen LogP contribution >= 0.6 is 0 Å². The number of benzene rings is 1. The van der Waals surface area contributed by atoms with E-state index in [-0.39, 0.29) is 23.7 Å². The highest BCUT2D eigenvalue weighted by atomic mass is 16.5. The molecule has 5 unspecified atom stereocenters. The van der Waals surface area contributed by atoms with E-state index in [0.29, 0.717) is 25.1 Å². The lowest BCUT2D eigenvalue weighted by Crippen LogP contribution is -2.46. The minimum Gasteiger partial charge on any atom is -0.492 e. The van der Waals surface area contributed by atoms with Gasteiger partial charge in [0.15, 0.2) is 0 Å². The molecule has 1 saturated heterocycles. The summed E-state index contributed by atoms with van der Waals surface area (Å²) in [6.45, 7) is 11.0. The molecule has 2 amide bonds. The Bertz CT molecular complexity index is 1080. The van der Waals surface area contributed by atoms with Gasteiger partial charge in [0.1, 0.15) is 18.1 Å². The smallest absolute Gasteiger partial charge is 0.255 e. The van der Waals surface area contributed by atoms with Crippen LogP contribution in [0, 0.1) is 23.7 Å². The number of carbonyl (C=O) groups excluding carboxylic acids is 3. The lowest BCUT2D eigenvalue weighted by atomic mass is 9.73. The standard InChI is InChI=1S/C30H41N3O4.C2H6/c1-19-12-20-14-21(13-19)22(15-20)16-32-9-7-30(8-10-32)18-37-27-24-17-33(26(4-3-11-34)28(35)31-2)29(36)23(24)5-6-25(27)30;1-2/h5-6,11,19-22,26H,3-4,7-10,12-18H2,1-2H3,(H,31,35);1-2H3. The van der Waals surface area contributed by atoms with Crippen molar-refractivity contribution < 1.29 is 19.1 Å². The average Bonchev–Trinajstić information content (AvgIpc) is 3.57. The minimum absolute atomic E-state index is 0.0229. The summed E-state index contributed by atoms with van der Waals surface area (Å²) < 4.78 is 6.36. The van der Waals surface area contributed by atoms with E-state index in [0.717, 1.165) is 67.2 Å². The predicted molar refractivity (Wildman–Crippen MR) is 152 cm³/mol. The molecule has 1 aromatic carbocycles. The Hall–Kier alpha value is -2.41. The number of nitrogens with zero attached hydrogens (tertiary/aromatic N) is 2. The highest BCUT2D eigenvalue weighted by Crippen LogP contribution is 2.51. The van der Waals surface area contributed by atoms with Crippen molar-refractivity contribution in [3.8, 4) is 5.75 Å². The Morgan fingerprint density at radius 2 is 1.95 bits per heavy atom. The fraction of sp³-hybridized carbons (Fsp3) is 0.719. The molecule has 3 heterocycles.